The third kappa shape index (κ3) is 3.12. The summed E-state index contributed by atoms with van der Waals surface area (Å²) in [4.78, 5) is 21.4. The Morgan fingerprint density at radius 1 is 1.40 bits per heavy atom. The second kappa shape index (κ2) is 4.63. The number of Topliss-reactive ketones (excluding diaryl/α,β-unsaturated/α-hetero) is 1. The quantitative estimate of drug-likeness (QED) is 0.575. The van der Waals surface area contributed by atoms with Gasteiger partial charge in [0.25, 0.3) is 5.91 Å². The van der Waals surface area contributed by atoms with Crippen molar-refractivity contribution in [2.24, 2.45) is 5.73 Å². The standard InChI is InChI=1S/C11H8ClNO2/c1-7(14)9-3-2-8(10(12)6-9)4-5-11(13)15/h2-3,6H,1H3,(H2,13,15). The summed E-state index contributed by atoms with van der Waals surface area (Å²) in [6.45, 7) is 1.44. The predicted molar refractivity (Wildman–Crippen MR) is 57.5 cm³/mol. The van der Waals surface area contributed by atoms with E-state index in [1.165, 1.54) is 13.0 Å². The highest BCUT2D eigenvalue weighted by molar-refractivity contribution is 6.32. The average molecular weight is 222 g/mol. The Kier molecular flexibility index (Phi) is 3.48. The maximum Gasteiger partial charge on any atom is 0.293 e. The third-order valence-corrected chi connectivity index (χ3v) is 2.01. The van der Waals surface area contributed by atoms with Gasteiger partial charge < -0.3 is 5.73 Å². The molecule has 0 atom stereocenters. The zero-order chi connectivity index (χ0) is 11.4. The first-order chi connectivity index (χ1) is 7.00. The topological polar surface area (TPSA) is 60.2 Å². The van der Waals surface area contributed by atoms with Gasteiger partial charge in [0.2, 0.25) is 0 Å². The highest BCUT2D eigenvalue weighted by Gasteiger charge is 2.02. The molecule has 1 rings (SSSR count). The molecule has 0 radical (unpaired) electrons. The Morgan fingerprint density at radius 2 is 2.07 bits per heavy atom. The molecule has 0 saturated carbocycles. The fourth-order valence-corrected chi connectivity index (χ4v) is 1.19. The Hall–Kier alpha value is -1.79. The molecule has 1 aromatic carbocycles. The lowest BCUT2D eigenvalue weighted by Gasteiger charge is -1.98. The lowest BCUT2D eigenvalue weighted by molar-refractivity contribution is -0.112. The lowest BCUT2D eigenvalue weighted by atomic mass is 10.1. The highest BCUT2D eigenvalue weighted by Crippen LogP contribution is 2.17. The Balaban J connectivity index is 3.10. The van der Waals surface area contributed by atoms with Crippen LogP contribution in [0.4, 0.5) is 0 Å². The van der Waals surface area contributed by atoms with Gasteiger partial charge in [0.05, 0.1) is 5.02 Å². The van der Waals surface area contributed by atoms with Gasteiger partial charge in [-0.3, -0.25) is 9.59 Å². The van der Waals surface area contributed by atoms with Crippen molar-refractivity contribution in [2.45, 2.75) is 6.92 Å². The fraction of sp³-hybridized carbons (Fsp3) is 0.0909. The minimum atomic E-state index is -0.721. The fourth-order valence-electron chi connectivity index (χ4n) is 0.964. The molecule has 0 unspecified atom stereocenters. The predicted octanol–water partition coefficient (Wildman–Crippen LogP) is 1.38. The Bertz CT molecular complexity index is 483. The van der Waals surface area contributed by atoms with Gasteiger partial charge in [-0.05, 0) is 19.1 Å². The van der Waals surface area contributed by atoms with Crippen molar-refractivity contribution in [1.82, 2.24) is 0 Å². The zero-order valence-electron chi connectivity index (χ0n) is 8.00. The Labute approximate surface area is 92.2 Å². The molecule has 0 aromatic heterocycles. The summed E-state index contributed by atoms with van der Waals surface area (Å²) in [6, 6.07) is 4.68. The highest BCUT2D eigenvalue weighted by atomic mass is 35.5. The number of ketones is 1. The minimum absolute atomic E-state index is 0.0775. The molecule has 2 N–H and O–H groups in total. The first kappa shape index (κ1) is 11.3. The minimum Gasteiger partial charge on any atom is -0.359 e. The SMILES string of the molecule is CC(=O)c1ccc(C#CC(N)=O)c(Cl)c1. The summed E-state index contributed by atoms with van der Waals surface area (Å²) >= 11 is 5.85. The number of benzene rings is 1. The van der Waals surface area contributed by atoms with Crippen LogP contribution in [0.15, 0.2) is 18.2 Å². The van der Waals surface area contributed by atoms with E-state index in [9.17, 15) is 9.59 Å². The number of carbonyl (C=O) groups is 2. The van der Waals surface area contributed by atoms with Gasteiger partial charge in [-0.15, -0.1) is 0 Å². The molecule has 0 aliphatic carbocycles. The van der Waals surface area contributed by atoms with Crippen molar-refractivity contribution in [1.29, 1.82) is 0 Å². The molecule has 15 heavy (non-hydrogen) atoms. The monoisotopic (exact) mass is 221 g/mol. The van der Waals surface area contributed by atoms with E-state index >= 15 is 0 Å². The number of rotatable bonds is 1. The van der Waals surface area contributed by atoms with Gasteiger partial charge >= 0.3 is 0 Å². The molecule has 1 aromatic rings. The van der Waals surface area contributed by atoms with E-state index in [1.807, 2.05) is 0 Å². The van der Waals surface area contributed by atoms with Crippen LogP contribution in [0.5, 0.6) is 0 Å². The van der Waals surface area contributed by atoms with Gasteiger partial charge in [0.1, 0.15) is 0 Å². The third-order valence-electron chi connectivity index (χ3n) is 1.70. The van der Waals surface area contributed by atoms with Crippen molar-refractivity contribution in [2.75, 3.05) is 0 Å². The van der Waals surface area contributed by atoms with Crippen molar-refractivity contribution in [3.8, 4) is 11.8 Å². The maximum atomic E-state index is 11.0. The van der Waals surface area contributed by atoms with Crippen LogP contribution >= 0.6 is 11.6 Å². The van der Waals surface area contributed by atoms with Crippen LogP contribution in [0.2, 0.25) is 5.02 Å². The zero-order valence-corrected chi connectivity index (χ0v) is 8.76. The van der Waals surface area contributed by atoms with E-state index in [2.05, 4.69) is 11.8 Å². The average Bonchev–Trinajstić information content (AvgIpc) is 2.15. The molecule has 76 valence electrons. The number of nitrogens with two attached hydrogens (primary N) is 1. The summed E-state index contributed by atoms with van der Waals surface area (Å²) in [7, 11) is 0. The summed E-state index contributed by atoms with van der Waals surface area (Å²) in [5.41, 5.74) is 5.84. The van der Waals surface area contributed by atoms with Crippen LogP contribution in [-0.2, 0) is 4.79 Å². The molecule has 0 bridgehead atoms. The molecule has 0 aliphatic rings. The van der Waals surface area contributed by atoms with E-state index in [4.69, 9.17) is 17.3 Å². The van der Waals surface area contributed by atoms with Crippen molar-refractivity contribution >= 4 is 23.3 Å². The van der Waals surface area contributed by atoms with Crippen molar-refractivity contribution < 1.29 is 9.59 Å². The van der Waals surface area contributed by atoms with Gasteiger partial charge in [0, 0.05) is 17.0 Å². The van der Waals surface area contributed by atoms with Crippen LogP contribution < -0.4 is 5.73 Å². The maximum absolute atomic E-state index is 11.0. The molecular formula is C11H8ClNO2. The molecular weight excluding hydrogens is 214 g/mol. The number of primary amides is 1. The van der Waals surface area contributed by atoms with Gasteiger partial charge in [-0.1, -0.05) is 23.6 Å². The number of hydrogen-bond acceptors (Lipinski definition) is 2. The summed E-state index contributed by atoms with van der Waals surface area (Å²) in [5.74, 6) is 3.88. The summed E-state index contributed by atoms with van der Waals surface area (Å²) in [6.07, 6.45) is 0. The molecule has 0 fully saturated rings. The van der Waals surface area contributed by atoms with Crippen molar-refractivity contribution in [3.63, 3.8) is 0 Å². The molecule has 0 saturated heterocycles. The summed E-state index contributed by atoms with van der Waals surface area (Å²) < 4.78 is 0. The number of carbonyl (C=O) groups excluding carboxylic acids is 2. The second-order valence-electron chi connectivity index (χ2n) is 2.87. The van der Waals surface area contributed by atoms with Crippen LogP contribution in [0.1, 0.15) is 22.8 Å². The molecule has 0 spiro atoms. The van der Waals surface area contributed by atoms with Crippen LogP contribution in [0.3, 0.4) is 0 Å². The molecule has 0 heterocycles. The first-order valence-corrected chi connectivity index (χ1v) is 4.50. The van der Waals surface area contributed by atoms with E-state index in [1.54, 1.807) is 12.1 Å². The van der Waals surface area contributed by atoms with E-state index in [-0.39, 0.29) is 5.78 Å². The Morgan fingerprint density at radius 3 is 2.53 bits per heavy atom. The molecule has 0 aliphatic heterocycles. The normalized spacial score (nSPS) is 8.93. The smallest absolute Gasteiger partial charge is 0.293 e. The largest absolute Gasteiger partial charge is 0.359 e. The van der Waals surface area contributed by atoms with E-state index < -0.39 is 5.91 Å². The van der Waals surface area contributed by atoms with Gasteiger partial charge in [-0.25, -0.2) is 0 Å². The van der Waals surface area contributed by atoms with Gasteiger partial charge in [-0.2, -0.15) is 0 Å². The summed E-state index contributed by atoms with van der Waals surface area (Å²) in [5, 5.41) is 0.330. The number of hydrogen-bond donors (Lipinski definition) is 1. The van der Waals surface area contributed by atoms with Crippen LogP contribution in [-0.4, -0.2) is 11.7 Å². The van der Waals surface area contributed by atoms with Gasteiger partial charge in [0.15, 0.2) is 5.78 Å². The molecule has 1 amide bonds. The van der Waals surface area contributed by atoms with Crippen molar-refractivity contribution in [3.05, 3.63) is 34.3 Å². The lowest BCUT2D eigenvalue weighted by Crippen LogP contribution is -2.06. The van der Waals surface area contributed by atoms with E-state index in [0.717, 1.165) is 0 Å². The molecule has 4 heteroatoms. The molecule has 3 nitrogen and oxygen atoms in total. The first-order valence-electron chi connectivity index (χ1n) is 4.12. The van der Waals surface area contributed by atoms with Crippen LogP contribution in [0, 0.1) is 11.8 Å². The second-order valence-corrected chi connectivity index (χ2v) is 3.27. The van der Waals surface area contributed by atoms with Crippen LogP contribution in [0.25, 0.3) is 0 Å². The number of halogens is 1. The number of amides is 1. The van der Waals surface area contributed by atoms with E-state index in [0.29, 0.717) is 16.1 Å².